The Balaban J connectivity index is 4.27. The molecule has 302 valence electrons. The van der Waals surface area contributed by atoms with E-state index in [-0.39, 0.29) is 31.1 Å². The third-order valence-electron chi connectivity index (χ3n) is 10.0. The molecule has 0 N–H and O–H groups in total. The van der Waals surface area contributed by atoms with Gasteiger partial charge in [0, 0.05) is 19.3 Å². The van der Waals surface area contributed by atoms with Crippen LogP contribution in [0.15, 0.2) is 0 Å². The Morgan fingerprint density at radius 3 is 0.961 bits per heavy atom. The van der Waals surface area contributed by atoms with Crippen LogP contribution in [0.3, 0.4) is 0 Å². The summed E-state index contributed by atoms with van der Waals surface area (Å²) in [6.45, 7) is 8.95. The lowest BCUT2D eigenvalue weighted by atomic mass is 10.0. The van der Waals surface area contributed by atoms with Crippen LogP contribution in [0, 0.1) is 5.92 Å². The van der Waals surface area contributed by atoms with Gasteiger partial charge in [-0.3, -0.25) is 14.4 Å². The Hall–Kier alpha value is -1.59. The molecular formula is C45H86O6. The van der Waals surface area contributed by atoms with Crippen LogP contribution in [0.5, 0.6) is 0 Å². The van der Waals surface area contributed by atoms with Crippen LogP contribution in [-0.4, -0.2) is 37.2 Å². The van der Waals surface area contributed by atoms with E-state index in [9.17, 15) is 14.4 Å². The second kappa shape index (κ2) is 39.6. The summed E-state index contributed by atoms with van der Waals surface area (Å²) in [4.78, 5) is 37.5. The fourth-order valence-corrected chi connectivity index (χ4v) is 6.63. The van der Waals surface area contributed by atoms with Crippen LogP contribution in [0.2, 0.25) is 0 Å². The number of rotatable bonds is 40. The lowest BCUT2D eigenvalue weighted by Crippen LogP contribution is -2.30. The Bertz CT molecular complexity index is 766. The highest BCUT2D eigenvalue weighted by molar-refractivity contribution is 5.71. The smallest absolute Gasteiger partial charge is 0.306 e. The van der Waals surface area contributed by atoms with Crippen LogP contribution in [0.25, 0.3) is 0 Å². The molecule has 6 nitrogen and oxygen atoms in total. The molecule has 0 heterocycles. The first kappa shape index (κ1) is 49.4. The van der Waals surface area contributed by atoms with Crippen LogP contribution >= 0.6 is 0 Å². The molecule has 0 aliphatic rings. The number of hydrogen-bond acceptors (Lipinski definition) is 6. The summed E-state index contributed by atoms with van der Waals surface area (Å²) in [5.41, 5.74) is 0. The summed E-state index contributed by atoms with van der Waals surface area (Å²) >= 11 is 0. The van der Waals surface area contributed by atoms with Crippen molar-refractivity contribution < 1.29 is 28.6 Å². The first-order valence-corrected chi connectivity index (χ1v) is 22.4. The van der Waals surface area contributed by atoms with Gasteiger partial charge in [-0.05, 0) is 25.2 Å². The molecule has 51 heavy (non-hydrogen) atoms. The lowest BCUT2D eigenvalue weighted by Gasteiger charge is -2.18. The highest BCUT2D eigenvalue weighted by Gasteiger charge is 2.19. The van der Waals surface area contributed by atoms with Crippen molar-refractivity contribution in [3.05, 3.63) is 0 Å². The zero-order valence-electron chi connectivity index (χ0n) is 34.6. The molecule has 0 fully saturated rings. The van der Waals surface area contributed by atoms with E-state index in [4.69, 9.17) is 14.2 Å². The quantitative estimate of drug-likeness (QED) is 0.0356. The van der Waals surface area contributed by atoms with E-state index in [2.05, 4.69) is 27.7 Å². The molecule has 0 radical (unpaired) electrons. The van der Waals surface area contributed by atoms with Gasteiger partial charge in [-0.25, -0.2) is 0 Å². The highest BCUT2D eigenvalue weighted by atomic mass is 16.6. The molecule has 0 aromatic carbocycles. The Morgan fingerprint density at radius 2 is 0.647 bits per heavy atom. The zero-order valence-corrected chi connectivity index (χ0v) is 34.6. The van der Waals surface area contributed by atoms with Gasteiger partial charge in [-0.15, -0.1) is 0 Å². The summed E-state index contributed by atoms with van der Waals surface area (Å²) in [6, 6.07) is 0. The van der Waals surface area contributed by atoms with Crippen molar-refractivity contribution in [3.63, 3.8) is 0 Å². The predicted octanol–water partition coefficient (Wildman–Crippen LogP) is 13.9. The predicted molar refractivity (Wildman–Crippen MR) is 215 cm³/mol. The molecule has 0 amide bonds. The zero-order chi connectivity index (χ0) is 37.5. The Kier molecular flexibility index (Phi) is 38.4. The second-order valence-corrected chi connectivity index (χ2v) is 15.8. The second-order valence-electron chi connectivity index (χ2n) is 15.8. The SMILES string of the molecule is CCCCCCCCCCCCCCC(=O)OC[C@H](COC(=O)CCCCCCCCC)OC(=O)CCCCCCCCCCCCCC(C)C. The number of hydrogen-bond donors (Lipinski definition) is 0. The number of carbonyl (C=O) groups excluding carboxylic acids is 3. The fraction of sp³-hybridized carbons (Fsp3) is 0.933. The average molecular weight is 723 g/mol. The standard InChI is InChI=1S/C45H86O6/c1-5-7-9-11-13-14-15-18-21-25-29-33-37-44(47)50-40-42(39-49-43(46)36-32-28-23-12-10-8-6-2)51-45(48)38-34-30-26-22-19-16-17-20-24-27-31-35-41(3)4/h41-42H,5-40H2,1-4H3/t42-/m0/s1. The Morgan fingerprint density at radius 1 is 0.373 bits per heavy atom. The van der Waals surface area contributed by atoms with Crippen LogP contribution in [0.1, 0.15) is 246 Å². The highest BCUT2D eigenvalue weighted by Crippen LogP contribution is 2.16. The number of unbranched alkanes of at least 4 members (excludes halogenated alkanes) is 27. The summed E-state index contributed by atoms with van der Waals surface area (Å²) in [6.07, 6.45) is 38.1. The van der Waals surface area contributed by atoms with Gasteiger partial charge < -0.3 is 14.2 Å². The lowest BCUT2D eigenvalue weighted by molar-refractivity contribution is -0.167. The van der Waals surface area contributed by atoms with E-state index in [1.54, 1.807) is 0 Å². The van der Waals surface area contributed by atoms with E-state index >= 15 is 0 Å². The van der Waals surface area contributed by atoms with Gasteiger partial charge >= 0.3 is 17.9 Å². The van der Waals surface area contributed by atoms with Gasteiger partial charge in [0.15, 0.2) is 6.10 Å². The molecule has 1 atom stereocenters. The van der Waals surface area contributed by atoms with Crippen LogP contribution in [-0.2, 0) is 28.6 Å². The molecule has 0 aliphatic carbocycles. The van der Waals surface area contributed by atoms with Crippen molar-refractivity contribution in [3.8, 4) is 0 Å². The van der Waals surface area contributed by atoms with Crippen molar-refractivity contribution in [2.24, 2.45) is 5.92 Å². The van der Waals surface area contributed by atoms with Gasteiger partial charge in [0.25, 0.3) is 0 Å². The molecule has 0 unspecified atom stereocenters. The molecule has 0 spiro atoms. The summed E-state index contributed by atoms with van der Waals surface area (Å²) in [7, 11) is 0. The molecule has 0 aliphatic heterocycles. The molecule has 0 saturated heterocycles. The largest absolute Gasteiger partial charge is 0.462 e. The minimum Gasteiger partial charge on any atom is -0.462 e. The van der Waals surface area contributed by atoms with Gasteiger partial charge in [-0.2, -0.15) is 0 Å². The molecule has 6 heteroatoms. The summed E-state index contributed by atoms with van der Waals surface area (Å²) < 4.78 is 16.6. The maximum absolute atomic E-state index is 12.7. The number of esters is 3. The van der Waals surface area contributed by atoms with Gasteiger partial charge in [0.2, 0.25) is 0 Å². The monoisotopic (exact) mass is 723 g/mol. The average Bonchev–Trinajstić information content (AvgIpc) is 3.11. The van der Waals surface area contributed by atoms with Crippen molar-refractivity contribution in [2.75, 3.05) is 13.2 Å². The topological polar surface area (TPSA) is 78.9 Å². The molecule has 0 rings (SSSR count). The maximum Gasteiger partial charge on any atom is 0.306 e. The van der Waals surface area contributed by atoms with Crippen molar-refractivity contribution in [1.82, 2.24) is 0 Å². The first-order valence-electron chi connectivity index (χ1n) is 22.4. The summed E-state index contributed by atoms with van der Waals surface area (Å²) in [5.74, 6) is -0.0366. The van der Waals surface area contributed by atoms with Gasteiger partial charge in [-0.1, -0.05) is 207 Å². The van der Waals surface area contributed by atoms with Crippen molar-refractivity contribution in [2.45, 2.75) is 252 Å². The Labute approximate surface area is 317 Å². The van der Waals surface area contributed by atoms with Gasteiger partial charge in [0.1, 0.15) is 13.2 Å². The van der Waals surface area contributed by atoms with Crippen LogP contribution in [0.4, 0.5) is 0 Å². The molecule has 0 aromatic rings. The van der Waals surface area contributed by atoms with Crippen LogP contribution < -0.4 is 0 Å². The van der Waals surface area contributed by atoms with E-state index in [0.717, 1.165) is 63.7 Å². The minimum atomic E-state index is -0.758. The minimum absolute atomic E-state index is 0.0642. The molecular weight excluding hydrogens is 636 g/mol. The summed E-state index contributed by atoms with van der Waals surface area (Å²) in [5, 5.41) is 0. The first-order chi connectivity index (χ1) is 24.9. The van der Waals surface area contributed by atoms with E-state index in [0.29, 0.717) is 19.3 Å². The molecule has 0 aromatic heterocycles. The maximum atomic E-state index is 12.7. The third kappa shape index (κ3) is 39.5. The van der Waals surface area contributed by atoms with Crippen molar-refractivity contribution >= 4 is 17.9 Å². The number of carbonyl (C=O) groups is 3. The molecule has 0 saturated carbocycles. The number of ether oxygens (including phenoxy) is 3. The van der Waals surface area contributed by atoms with Gasteiger partial charge in [0.05, 0.1) is 0 Å². The fourth-order valence-electron chi connectivity index (χ4n) is 6.63. The normalized spacial score (nSPS) is 11.9. The van der Waals surface area contributed by atoms with E-state index in [1.165, 1.54) is 141 Å². The third-order valence-corrected chi connectivity index (χ3v) is 10.0. The van der Waals surface area contributed by atoms with E-state index < -0.39 is 6.10 Å². The van der Waals surface area contributed by atoms with Crippen molar-refractivity contribution in [1.29, 1.82) is 0 Å². The van der Waals surface area contributed by atoms with E-state index in [1.807, 2.05) is 0 Å². The molecule has 0 bridgehead atoms.